The standard InChI is InChI=1S/C21H21NO3/c1-14-7-9-15(10-8-14)17-11-19(20(23)24-2)25-21(12-17)18-6-4-3-5-16(18)13-22-21/h3-11,17,22H,12-13H2,1-2H3. The summed E-state index contributed by atoms with van der Waals surface area (Å²) in [6.07, 6.45) is 2.61. The highest BCUT2D eigenvalue weighted by Gasteiger charge is 2.46. The quantitative estimate of drug-likeness (QED) is 0.853. The van der Waals surface area contributed by atoms with Gasteiger partial charge >= 0.3 is 5.97 Å². The van der Waals surface area contributed by atoms with Gasteiger partial charge in [-0.15, -0.1) is 0 Å². The zero-order chi connectivity index (χ0) is 17.4. The molecular weight excluding hydrogens is 314 g/mol. The van der Waals surface area contributed by atoms with Gasteiger partial charge in [-0.25, -0.2) is 4.79 Å². The molecule has 0 aliphatic carbocycles. The summed E-state index contributed by atoms with van der Waals surface area (Å²) in [6, 6.07) is 16.6. The molecule has 25 heavy (non-hydrogen) atoms. The van der Waals surface area contributed by atoms with E-state index in [-0.39, 0.29) is 11.7 Å². The van der Waals surface area contributed by atoms with Crippen molar-refractivity contribution in [3.05, 3.63) is 82.6 Å². The number of carbonyl (C=O) groups excluding carboxylic acids is 1. The van der Waals surface area contributed by atoms with Crippen molar-refractivity contribution in [1.29, 1.82) is 0 Å². The van der Waals surface area contributed by atoms with E-state index in [9.17, 15) is 4.79 Å². The molecule has 2 aliphatic rings. The van der Waals surface area contributed by atoms with E-state index in [1.54, 1.807) is 0 Å². The van der Waals surface area contributed by atoms with Gasteiger partial charge in [0.25, 0.3) is 0 Å². The summed E-state index contributed by atoms with van der Waals surface area (Å²) < 4.78 is 11.1. The minimum absolute atomic E-state index is 0.0714. The molecule has 0 fully saturated rings. The van der Waals surface area contributed by atoms with E-state index in [0.29, 0.717) is 0 Å². The van der Waals surface area contributed by atoms with Crippen molar-refractivity contribution in [3.8, 4) is 0 Å². The summed E-state index contributed by atoms with van der Waals surface area (Å²) in [5.74, 6) is -0.104. The van der Waals surface area contributed by atoms with Gasteiger partial charge in [-0.2, -0.15) is 0 Å². The van der Waals surface area contributed by atoms with E-state index in [4.69, 9.17) is 9.47 Å². The molecular formula is C21H21NO3. The van der Waals surface area contributed by atoms with Crippen LogP contribution in [-0.4, -0.2) is 13.1 Å². The molecule has 2 unspecified atom stereocenters. The Morgan fingerprint density at radius 1 is 1.20 bits per heavy atom. The summed E-state index contributed by atoms with van der Waals surface area (Å²) in [4.78, 5) is 12.2. The van der Waals surface area contributed by atoms with E-state index in [2.05, 4.69) is 48.6 Å². The Balaban J connectivity index is 1.78. The van der Waals surface area contributed by atoms with Crippen molar-refractivity contribution in [2.45, 2.75) is 31.5 Å². The normalized spacial score (nSPS) is 24.4. The fourth-order valence-corrected chi connectivity index (χ4v) is 3.73. The number of aryl methyl sites for hydroxylation is 1. The van der Waals surface area contributed by atoms with Crippen LogP contribution in [0.3, 0.4) is 0 Å². The van der Waals surface area contributed by atoms with Crippen LogP contribution in [0.25, 0.3) is 0 Å². The second kappa shape index (κ2) is 6.05. The number of hydrogen-bond donors (Lipinski definition) is 1. The number of methoxy groups -OCH3 is 1. The Hall–Kier alpha value is -2.59. The Morgan fingerprint density at radius 3 is 2.72 bits per heavy atom. The minimum Gasteiger partial charge on any atom is -0.463 e. The van der Waals surface area contributed by atoms with Crippen LogP contribution in [-0.2, 0) is 26.5 Å². The second-order valence-corrected chi connectivity index (χ2v) is 6.68. The maximum Gasteiger partial charge on any atom is 0.373 e. The number of fused-ring (bicyclic) bond motifs is 2. The highest BCUT2D eigenvalue weighted by atomic mass is 16.6. The Morgan fingerprint density at radius 2 is 1.96 bits per heavy atom. The van der Waals surface area contributed by atoms with Crippen molar-refractivity contribution in [3.63, 3.8) is 0 Å². The first-order valence-electron chi connectivity index (χ1n) is 8.50. The molecule has 1 N–H and O–H groups in total. The number of hydrogen-bond acceptors (Lipinski definition) is 4. The van der Waals surface area contributed by atoms with Crippen LogP contribution in [0.15, 0.2) is 60.4 Å². The van der Waals surface area contributed by atoms with Crippen LogP contribution in [0.2, 0.25) is 0 Å². The van der Waals surface area contributed by atoms with E-state index >= 15 is 0 Å². The van der Waals surface area contributed by atoms with Gasteiger partial charge in [0.1, 0.15) is 0 Å². The molecule has 4 rings (SSSR count). The van der Waals surface area contributed by atoms with Crippen molar-refractivity contribution >= 4 is 5.97 Å². The third-order valence-corrected chi connectivity index (χ3v) is 5.05. The van der Waals surface area contributed by atoms with E-state index in [1.807, 2.05) is 18.2 Å². The first kappa shape index (κ1) is 15.9. The maximum atomic E-state index is 12.2. The van der Waals surface area contributed by atoms with Gasteiger partial charge in [0.15, 0.2) is 5.72 Å². The summed E-state index contributed by atoms with van der Waals surface area (Å²) in [7, 11) is 1.38. The zero-order valence-corrected chi connectivity index (χ0v) is 14.4. The highest BCUT2D eigenvalue weighted by Crippen LogP contribution is 2.45. The summed E-state index contributed by atoms with van der Waals surface area (Å²) in [6.45, 7) is 2.80. The van der Waals surface area contributed by atoms with Gasteiger partial charge in [0.2, 0.25) is 5.76 Å². The van der Waals surface area contributed by atoms with Crippen LogP contribution in [0, 0.1) is 6.92 Å². The van der Waals surface area contributed by atoms with E-state index < -0.39 is 11.7 Å². The third kappa shape index (κ3) is 2.72. The number of ether oxygens (including phenoxy) is 2. The zero-order valence-electron chi connectivity index (χ0n) is 14.4. The first-order chi connectivity index (χ1) is 12.1. The maximum absolute atomic E-state index is 12.2. The molecule has 2 atom stereocenters. The van der Waals surface area contributed by atoms with Crippen molar-refractivity contribution in [1.82, 2.24) is 5.32 Å². The Bertz CT molecular complexity index is 840. The lowest BCUT2D eigenvalue weighted by Crippen LogP contribution is -2.44. The van der Waals surface area contributed by atoms with Gasteiger partial charge in [-0.3, -0.25) is 5.32 Å². The average Bonchev–Trinajstić information content (AvgIpc) is 2.99. The number of rotatable bonds is 2. The molecule has 1 spiro atoms. The number of benzene rings is 2. The molecule has 2 heterocycles. The van der Waals surface area contributed by atoms with Crippen molar-refractivity contribution in [2.75, 3.05) is 7.11 Å². The largest absolute Gasteiger partial charge is 0.463 e. The first-order valence-corrected chi connectivity index (χ1v) is 8.50. The molecule has 2 aromatic carbocycles. The van der Waals surface area contributed by atoms with E-state index in [1.165, 1.54) is 23.8 Å². The van der Waals surface area contributed by atoms with Gasteiger partial charge in [0, 0.05) is 24.4 Å². The molecule has 4 heteroatoms. The Kier molecular flexibility index (Phi) is 3.85. The molecule has 0 amide bonds. The predicted octanol–water partition coefficient (Wildman–Crippen LogP) is 3.51. The van der Waals surface area contributed by atoms with Crippen LogP contribution in [0.5, 0.6) is 0 Å². The van der Waals surface area contributed by atoms with Crippen molar-refractivity contribution < 1.29 is 14.3 Å². The lowest BCUT2D eigenvalue weighted by molar-refractivity contribution is -0.147. The van der Waals surface area contributed by atoms with Crippen LogP contribution < -0.4 is 5.32 Å². The third-order valence-electron chi connectivity index (χ3n) is 5.05. The Labute approximate surface area is 147 Å². The van der Waals surface area contributed by atoms with Crippen LogP contribution in [0.4, 0.5) is 0 Å². The fraction of sp³-hybridized carbons (Fsp3) is 0.286. The van der Waals surface area contributed by atoms with Gasteiger partial charge < -0.3 is 9.47 Å². The number of carbonyl (C=O) groups is 1. The number of nitrogens with one attached hydrogen (secondary N) is 1. The lowest BCUT2D eigenvalue weighted by atomic mass is 9.84. The molecule has 2 aliphatic heterocycles. The molecule has 2 aromatic rings. The van der Waals surface area contributed by atoms with Crippen LogP contribution in [0.1, 0.15) is 34.6 Å². The van der Waals surface area contributed by atoms with E-state index in [0.717, 1.165) is 18.5 Å². The smallest absolute Gasteiger partial charge is 0.373 e. The minimum atomic E-state index is -0.690. The van der Waals surface area contributed by atoms with Crippen molar-refractivity contribution in [2.24, 2.45) is 0 Å². The monoisotopic (exact) mass is 335 g/mol. The van der Waals surface area contributed by atoms with Gasteiger partial charge in [-0.1, -0.05) is 54.1 Å². The molecule has 0 saturated carbocycles. The summed E-state index contributed by atoms with van der Waals surface area (Å²) in [5, 5.41) is 3.49. The molecule has 0 radical (unpaired) electrons. The molecule has 128 valence electrons. The SMILES string of the molecule is COC(=O)C1=CC(c2ccc(C)cc2)CC2(NCc3ccccc32)O1. The average molecular weight is 335 g/mol. The fourth-order valence-electron chi connectivity index (χ4n) is 3.73. The summed E-state index contributed by atoms with van der Waals surface area (Å²) >= 11 is 0. The predicted molar refractivity (Wildman–Crippen MR) is 94.7 cm³/mol. The van der Waals surface area contributed by atoms with Crippen LogP contribution >= 0.6 is 0 Å². The molecule has 0 aromatic heterocycles. The van der Waals surface area contributed by atoms with Gasteiger partial charge in [0.05, 0.1) is 7.11 Å². The second-order valence-electron chi connectivity index (χ2n) is 6.68. The molecule has 0 saturated heterocycles. The number of allylic oxidation sites excluding steroid dienone is 1. The topological polar surface area (TPSA) is 47.6 Å². The lowest BCUT2D eigenvalue weighted by Gasteiger charge is -2.38. The van der Waals surface area contributed by atoms with Gasteiger partial charge in [-0.05, 0) is 24.1 Å². The highest BCUT2D eigenvalue weighted by molar-refractivity contribution is 5.86. The number of esters is 1. The summed E-state index contributed by atoms with van der Waals surface area (Å²) in [5.41, 5.74) is 4.00. The molecule has 4 nitrogen and oxygen atoms in total. The molecule has 0 bridgehead atoms.